The Morgan fingerprint density at radius 3 is 1.85 bits per heavy atom. The molecular weight excluding hydrogens is 541 g/mol. The molecule has 0 amide bonds. The minimum Gasteiger partial charge on any atom is -0.756 e. The van der Waals surface area contributed by atoms with Gasteiger partial charge in [0.2, 0.25) is 0 Å². The number of nitrogens with zero attached hydrogens (tertiary/aromatic N) is 1. The van der Waals surface area contributed by atoms with Crippen LogP contribution in [0, 0.1) is 0 Å². The molecule has 0 aromatic carbocycles. The lowest BCUT2D eigenvalue weighted by Crippen LogP contribution is -2.37. The summed E-state index contributed by atoms with van der Waals surface area (Å²) >= 11 is 0. The highest BCUT2D eigenvalue weighted by Gasteiger charge is 2.16. The second-order valence-corrected chi connectivity index (χ2v) is 12.7. The predicted octanol–water partition coefficient (Wildman–Crippen LogP) is 6.80. The van der Waals surface area contributed by atoms with Crippen molar-refractivity contribution in [2.75, 3.05) is 47.5 Å². The highest BCUT2D eigenvalue weighted by atomic mass is 31.2. The number of esters is 1. The number of hydrogen-bond donors (Lipinski definition) is 1. The fraction of sp³-hybridized carbons (Fsp3) is 0.719. The number of carbonyl (C=O) groups is 1. The lowest BCUT2D eigenvalue weighted by molar-refractivity contribution is -0.870. The largest absolute Gasteiger partial charge is 0.756 e. The Labute approximate surface area is 250 Å². The summed E-state index contributed by atoms with van der Waals surface area (Å²) in [6.07, 6.45) is 31.2. The Bertz CT molecular complexity index is 802. The molecule has 0 fully saturated rings. The van der Waals surface area contributed by atoms with Gasteiger partial charge in [0.25, 0.3) is 7.82 Å². The van der Waals surface area contributed by atoms with Crippen molar-refractivity contribution in [2.45, 2.75) is 103 Å². The number of ether oxygens (including phenoxy) is 1. The topological polar surface area (TPSA) is 105 Å². The summed E-state index contributed by atoms with van der Waals surface area (Å²) in [4.78, 5) is 23.5. The zero-order valence-corrected chi connectivity index (χ0v) is 27.1. The summed E-state index contributed by atoms with van der Waals surface area (Å²) in [5.74, 6) is -0.443. The zero-order valence-electron chi connectivity index (χ0n) is 26.2. The fourth-order valence-electron chi connectivity index (χ4n) is 3.58. The molecule has 0 radical (unpaired) electrons. The highest BCUT2D eigenvalue weighted by Crippen LogP contribution is 2.38. The SMILES string of the molecule is CCCCCCCCC/C=C/C/C=C/C/C=C/C/C=C/CCCC(=O)OC[C@@H](O)COP(=O)([O-])OCC[N+](C)(C)C. The maximum Gasteiger partial charge on any atom is 0.305 e. The van der Waals surface area contributed by atoms with E-state index in [1.165, 1.54) is 51.4 Å². The summed E-state index contributed by atoms with van der Waals surface area (Å²) < 4.78 is 26.7. The molecule has 41 heavy (non-hydrogen) atoms. The summed E-state index contributed by atoms with van der Waals surface area (Å²) in [6.45, 7) is 1.86. The normalized spacial score (nSPS) is 15.0. The van der Waals surface area contributed by atoms with E-state index < -0.39 is 26.5 Å². The minimum atomic E-state index is -4.51. The first-order valence-corrected chi connectivity index (χ1v) is 16.9. The quantitative estimate of drug-likeness (QED) is 0.0364. The Balaban J connectivity index is 3.69. The third kappa shape index (κ3) is 31.2. The van der Waals surface area contributed by atoms with Crippen molar-refractivity contribution in [1.82, 2.24) is 0 Å². The maximum atomic E-state index is 11.8. The lowest BCUT2D eigenvalue weighted by atomic mass is 10.1. The van der Waals surface area contributed by atoms with Gasteiger partial charge < -0.3 is 28.3 Å². The summed E-state index contributed by atoms with van der Waals surface area (Å²) in [6, 6.07) is 0. The number of quaternary nitrogens is 1. The molecule has 0 aliphatic rings. The van der Waals surface area contributed by atoms with Gasteiger partial charge in [-0.15, -0.1) is 0 Å². The molecule has 0 saturated heterocycles. The number of aliphatic hydroxyl groups is 1. The number of hydrogen-bond acceptors (Lipinski definition) is 7. The first-order chi connectivity index (χ1) is 19.6. The number of likely N-dealkylation sites (N-methyl/N-ethyl adjacent to an activating group) is 1. The second-order valence-electron chi connectivity index (χ2n) is 11.3. The van der Waals surface area contributed by atoms with E-state index in [-0.39, 0.29) is 19.6 Å². The fourth-order valence-corrected chi connectivity index (χ4v) is 4.32. The Hall–Kier alpha value is -1.54. The Morgan fingerprint density at radius 2 is 1.29 bits per heavy atom. The molecule has 0 saturated carbocycles. The van der Waals surface area contributed by atoms with Gasteiger partial charge in [0.05, 0.1) is 27.7 Å². The van der Waals surface area contributed by atoms with E-state index in [4.69, 9.17) is 9.26 Å². The molecule has 0 bridgehead atoms. The molecule has 0 heterocycles. The van der Waals surface area contributed by atoms with Crippen molar-refractivity contribution in [1.29, 1.82) is 0 Å². The van der Waals surface area contributed by atoms with E-state index in [1.807, 2.05) is 27.2 Å². The van der Waals surface area contributed by atoms with Crippen molar-refractivity contribution < 1.29 is 37.6 Å². The average molecular weight is 600 g/mol. The van der Waals surface area contributed by atoms with Crippen LogP contribution >= 0.6 is 7.82 Å². The van der Waals surface area contributed by atoms with Gasteiger partial charge in [0, 0.05) is 6.42 Å². The van der Waals surface area contributed by atoms with Crippen LogP contribution in [-0.2, 0) is 23.1 Å². The van der Waals surface area contributed by atoms with E-state index in [0.717, 1.165) is 25.7 Å². The molecule has 0 spiro atoms. The standard InChI is InChI=1S/C32H58NO7P/c1-5-6-7-8-9-10-11-12-13-14-15-16-17-18-19-20-21-22-23-24-25-26-32(35)38-29-31(34)30-40-41(36,37)39-28-27-33(2,3)4/h13-14,16-17,19-20,22-23,31,34H,5-12,15,18,21,24-30H2,1-4H3/b14-13+,17-16+,20-19+,23-22+/t31-/m1/s1. The molecule has 238 valence electrons. The smallest absolute Gasteiger partial charge is 0.305 e. The van der Waals surface area contributed by atoms with E-state index in [9.17, 15) is 19.4 Å². The number of aliphatic hydroxyl groups excluding tert-OH is 1. The van der Waals surface area contributed by atoms with Crippen molar-refractivity contribution in [3.05, 3.63) is 48.6 Å². The third-order valence-electron chi connectivity index (χ3n) is 6.08. The lowest BCUT2D eigenvalue weighted by Gasteiger charge is -2.27. The molecule has 1 N–H and O–H groups in total. The van der Waals surface area contributed by atoms with E-state index in [1.54, 1.807) is 0 Å². The van der Waals surface area contributed by atoms with E-state index >= 15 is 0 Å². The Morgan fingerprint density at radius 1 is 0.780 bits per heavy atom. The average Bonchev–Trinajstić information content (AvgIpc) is 2.90. The number of rotatable bonds is 27. The van der Waals surface area contributed by atoms with Crippen LogP contribution in [0.15, 0.2) is 48.6 Å². The van der Waals surface area contributed by atoms with Crippen molar-refractivity contribution in [2.24, 2.45) is 0 Å². The van der Waals surface area contributed by atoms with Crippen LogP contribution in [0.3, 0.4) is 0 Å². The number of allylic oxidation sites excluding steroid dienone is 8. The predicted molar refractivity (Wildman–Crippen MR) is 166 cm³/mol. The molecular formula is C32H58NO7P. The van der Waals surface area contributed by atoms with Gasteiger partial charge in [0.15, 0.2) is 0 Å². The van der Waals surface area contributed by atoms with Crippen molar-refractivity contribution >= 4 is 13.8 Å². The molecule has 0 aliphatic heterocycles. The van der Waals surface area contributed by atoms with Crippen LogP contribution in [0.1, 0.15) is 96.8 Å². The van der Waals surface area contributed by atoms with Crippen LogP contribution in [0.4, 0.5) is 0 Å². The second kappa shape index (κ2) is 26.1. The maximum absolute atomic E-state index is 11.8. The zero-order chi connectivity index (χ0) is 30.7. The number of unbranched alkanes of at least 4 members (excludes halogenated alkanes) is 8. The number of carbonyl (C=O) groups excluding carboxylic acids is 1. The monoisotopic (exact) mass is 599 g/mol. The van der Waals surface area contributed by atoms with Gasteiger partial charge in [-0.2, -0.15) is 0 Å². The molecule has 9 heteroatoms. The van der Waals surface area contributed by atoms with Gasteiger partial charge in [-0.05, 0) is 44.9 Å². The van der Waals surface area contributed by atoms with E-state index in [0.29, 0.717) is 17.4 Å². The van der Waals surface area contributed by atoms with Gasteiger partial charge in [-0.3, -0.25) is 9.36 Å². The first-order valence-electron chi connectivity index (χ1n) is 15.4. The number of phosphoric acid groups is 1. The van der Waals surface area contributed by atoms with Gasteiger partial charge in [-0.25, -0.2) is 0 Å². The summed E-state index contributed by atoms with van der Waals surface area (Å²) in [5, 5.41) is 9.82. The third-order valence-corrected chi connectivity index (χ3v) is 7.05. The van der Waals surface area contributed by atoms with Gasteiger partial charge >= 0.3 is 5.97 Å². The highest BCUT2D eigenvalue weighted by molar-refractivity contribution is 7.45. The molecule has 0 aromatic heterocycles. The molecule has 1 unspecified atom stereocenters. The number of phosphoric ester groups is 1. The van der Waals surface area contributed by atoms with Crippen LogP contribution in [0.25, 0.3) is 0 Å². The first kappa shape index (κ1) is 39.5. The summed E-state index contributed by atoms with van der Waals surface area (Å²) in [7, 11) is 1.21. The van der Waals surface area contributed by atoms with Crippen LogP contribution < -0.4 is 4.89 Å². The van der Waals surface area contributed by atoms with Crippen molar-refractivity contribution in [3.63, 3.8) is 0 Å². The molecule has 0 aromatic rings. The van der Waals surface area contributed by atoms with Crippen LogP contribution in [0.5, 0.6) is 0 Å². The minimum absolute atomic E-state index is 0.0189. The molecule has 8 nitrogen and oxygen atoms in total. The van der Waals surface area contributed by atoms with Crippen LogP contribution in [0.2, 0.25) is 0 Å². The molecule has 2 atom stereocenters. The molecule has 0 rings (SSSR count). The van der Waals surface area contributed by atoms with Gasteiger partial charge in [0.1, 0.15) is 25.9 Å². The van der Waals surface area contributed by atoms with Crippen LogP contribution in [-0.4, -0.2) is 69.2 Å². The van der Waals surface area contributed by atoms with E-state index in [2.05, 4.69) is 54.0 Å². The van der Waals surface area contributed by atoms with Crippen molar-refractivity contribution in [3.8, 4) is 0 Å². The molecule has 0 aliphatic carbocycles. The van der Waals surface area contributed by atoms with Gasteiger partial charge in [-0.1, -0.05) is 94.1 Å². The summed E-state index contributed by atoms with van der Waals surface area (Å²) in [5.41, 5.74) is 0. The Kier molecular flexibility index (Phi) is 25.1.